The zero-order valence-electron chi connectivity index (χ0n) is 7.91. The van der Waals surface area contributed by atoms with Crippen molar-refractivity contribution in [3.8, 4) is 0 Å². The number of nitrogens with two attached hydrogens (primary N) is 1. The Morgan fingerprint density at radius 1 is 1.53 bits per heavy atom. The number of methoxy groups -OCH3 is 1. The topological polar surface area (TPSA) is 65.5 Å². The van der Waals surface area contributed by atoms with Gasteiger partial charge in [-0.3, -0.25) is 0 Å². The number of halogens is 1. The highest BCUT2D eigenvalue weighted by Gasteiger charge is 2.20. The molecule has 1 aromatic heterocycles. The van der Waals surface area contributed by atoms with Crippen LogP contribution in [-0.2, 0) is 4.74 Å². The average molecular weight is 209 g/mol. The second-order valence-electron chi connectivity index (χ2n) is 2.95. The highest BCUT2D eigenvalue weighted by Crippen LogP contribution is 2.30. The molecule has 15 heavy (non-hydrogen) atoms. The summed E-state index contributed by atoms with van der Waals surface area (Å²) < 4.78 is 22.9. The Morgan fingerprint density at radius 2 is 2.27 bits per heavy atom. The van der Waals surface area contributed by atoms with Crippen molar-refractivity contribution in [1.82, 2.24) is 0 Å². The third-order valence-electron chi connectivity index (χ3n) is 2.07. The Kier molecular flexibility index (Phi) is 2.07. The molecule has 1 aromatic carbocycles. The van der Waals surface area contributed by atoms with Crippen molar-refractivity contribution >= 4 is 22.6 Å². The van der Waals surface area contributed by atoms with Crippen LogP contribution < -0.4 is 5.73 Å². The minimum atomic E-state index is -0.719. The smallest absolute Gasteiger partial charge is 0.376 e. The quantitative estimate of drug-likeness (QED) is 0.729. The minimum Gasteiger partial charge on any atom is -0.463 e. The predicted molar refractivity (Wildman–Crippen MR) is 51.9 cm³/mol. The molecule has 0 spiro atoms. The SMILES string of the molecule is COC(=O)c1oc2cccc(F)c2c1N. The molecule has 0 atom stereocenters. The van der Waals surface area contributed by atoms with Gasteiger partial charge in [-0.2, -0.15) is 0 Å². The largest absolute Gasteiger partial charge is 0.463 e. The zero-order valence-corrected chi connectivity index (χ0v) is 7.91. The molecule has 78 valence electrons. The lowest BCUT2D eigenvalue weighted by Gasteiger charge is -1.94. The van der Waals surface area contributed by atoms with Gasteiger partial charge in [0.25, 0.3) is 0 Å². The Morgan fingerprint density at radius 3 is 2.87 bits per heavy atom. The number of hydrogen-bond acceptors (Lipinski definition) is 4. The van der Waals surface area contributed by atoms with Crippen molar-refractivity contribution in [2.75, 3.05) is 12.8 Å². The molecule has 0 unspecified atom stereocenters. The van der Waals surface area contributed by atoms with Gasteiger partial charge in [0, 0.05) is 0 Å². The Hall–Kier alpha value is -2.04. The molecule has 2 N–H and O–H groups in total. The zero-order chi connectivity index (χ0) is 11.0. The summed E-state index contributed by atoms with van der Waals surface area (Å²) in [6.07, 6.45) is 0. The summed E-state index contributed by atoms with van der Waals surface area (Å²) in [4.78, 5) is 11.2. The highest BCUT2D eigenvalue weighted by molar-refractivity contribution is 6.03. The number of carbonyl (C=O) groups excluding carboxylic acids is 1. The van der Waals surface area contributed by atoms with Crippen LogP contribution in [0.15, 0.2) is 22.6 Å². The van der Waals surface area contributed by atoms with E-state index < -0.39 is 11.8 Å². The third kappa shape index (κ3) is 1.32. The Balaban J connectivity index is 2.75. The van der Waals surface area contributed by atoms with Crippen molar-refractivity contribution in [2.24, 2.45) is 0 Å². The van der Waals surface area contributed by atoms with Crippen LogP contribution in [0.5, 0.6) is 0 Å². The molecule has 0 radical (unpaired) electrons. The van der Waals surface area contributed by atoms with E-state index in [1.807, 2.05) is 0 Å². The summed E-state index contributed by atoms with van der Waals surface area (Å²) >= 11 is 0. The van der Waals surface area contributed by atoms with Gasteiger partial charge in [0.15, 0.2) is 0 Å². The van der Waals surface area contributed by atoms with E-state index in [4.69, 9.17) is 10.2 Å². The van der Waals surface area contributed by atoms with Crippen LogP contribution in [0.2, 0.25) is 0 Å². The molecule has 0 saturated carbocycles. The molecule has 0 amide bonds. The lowest BCUT2D eigenvalue weighted by molar-refractivity contribution is 0.0569. The number of fused-ring (bicyclic) bond motifs is 1. The van der Waals surface area contributed by atoms with E-state index in [1.54, 1.807) is 0 Å². The van der Waals surface area contributed by atoms with Crippen LogP contribution in [-0.4, -0.2) is 13.1 Å². The molecular formula is C10H8FNO3. The van der Waals surface area contributed by atoms with E-state index >= 15 is 0 Å². The summed E-state index contributed by atoms with van der Waals surface area (Å²) in [6.45, 7) is 0. The summed E-state index contributed by atoms with van der Waals surface area (Å²) in [5.41, 5.74) is 5.78. The fraction of sp³-hybridized carbons (Fsp3) is 0.100. The predicted octanol–water partition coefficient (Wildman–Crippen LogP) is 1.94. The number of benzene rings is 1. The number of furan rings is 1. The molecular weight excluding hydrogens is 201 g/mol. The number of esters is 1. The maximum Gasteiger partial charge on any atom is 0.376 e. The van der Waals surface area contributed by atoms with Gasteiger partial charge in [0.2, 0.25) is 5.76 Å². The normalized spacial score (nSPS) is 10.5. The molecule has 0 aliphatic rings. The average Bonchev–Trinajstić information content (AvgIpc) is 2.56. The first-order valence-electron chi connectivity index (χ1n) is 4.20. The summed E-state index contributed by atoms with van der Waals surface area (Å²) in [6, 6.07) is 4.25. The second-order valence-corrected chi connectivity index (χ2v) is 2.95. The molecule has 2 rings (SSSR count). The fourth-order valence-electron chi connectivity index (χ4n) is 1.37. The van der Waals surface area contributed by atoms with Crippen LogP contribution in [0.4, 0.5) is 10.1 Å². The fourth-order valence-corrected chi connectivity index (χ4v) is 1.37. The molecule has 1 heterocycles. The van der Waals surface area contributed by atoms with E-state index in [9.17, 15) is 9.18 Å². The van der Waals surface area contributed by atoms with Gasteiger partial charge >= 0.3 is 5.97 Å². The summed E-state index contributed by atoms with van der Waals surface area (Å²) in [5, 5.41) is 0.109. The van der Waals surface area contributed by atoms with Crippen molar-refractivity contribution < 1.29 is 18.3 Å². The number of carbonyl (C=O) groups is 1. The number of hydrogen-bond donors (Lipinski definition) is 1. The van der Waals surface area contributed by atoms with Crippen LogP contribution in [0.1, 0.15) is 10.6 Å². The monoisotopic (exact) mass is 209 g/mol. The van der Waals surface area contributed by atoms with Crippen molar-refractivity contribution in [2.45, 2.75) is 0 Å². The van der Waals surface area contributed by atoms with Crippen LogP contribution in [0.25, 0.3) is 11.0 Å². The first-order chi connectivity index (χ1) is 7.15. The first-order valence-corrected chi connectivity index (χ1v) is 4.20. The lowest BCUT2D eigenvalue weighted by atomic mass is 10.2. The van der Waals surface area contributed by atoms with Crippen LogP contribution in [0.3, 0.4) is 0 Å². The molecule has 0 fully saturated rings. The van der Waals surface area contributed by atoms with Gasteiger partial charge in [-0.1, -0.05) is 6.07 Å². The number of rotatable bonds is 1. The van der Waals surface area contributed by atoms with Gasteiger partial charge in [-0.25, -0.2) is 9.18 Å². The summed E-state index contributed by atoms with van der Waals surface area (Å²) in [5.74, 6) is -1.41. The number of nitrogen functional groups attached to an aromatic ring is 1. The second kappa shape index (κ2) is 3.27. The van der Waals surface area contributed by atoms with Gasteiger partial charge in [-0.15, -0.1) is 0 Å². The lowest BCUT2D eigenvalue weighted by Crippen LogP contribution is -2.02. The maximum absolute atomic E-state index is 13.3. The summed E-state index contributed by atoms with van der Waals surface area (Å²) in [7, 11) is 1.20. The first kappa shape index (κ1) is 9.51. The molecule has 2 aromatic rings. The van der Waals surface area contributed by atoms with E-state index in [0.29, 0.717) is 0 Å². The van der Waals surface area contributed by atoms with Gasteiger partial charge in [0.1, 0.15) is 11.4 Å². The van der Waals surface area contributed by atoms with E-state index in [-0.39, 0.29) is 22.4 Å². The molecule has 0 aliphatic heterocycles. The van der Waals surface area contributed by atoms with Crippen molar-refractivity contribution in [3.05, 3.63) is 29.8 Å². The van der Waals surface area contributed by atoms with Crippen LogP contribution in [0, 0.1) is 5.82 Å². The molecule has 0 aliphatic carbocycles. The standard InChI is InChI=1S/C10H8FNO3/c1-14-10(13)9-8(12)7-5(11)3-2-4-6(7)15-9/h2-4H,12H2,1H3. The molecule has 0 saturated heterocycles. The maximum atomic E-state index is 13.3. The van der Waals surface area contributed by atoms with Crippen molar-refractivity contribution in [1.29, 1.82) is 0 Å². The Labute approximate surface area is 84.4 Å². The van der Waals surface area contributed by atoms with E-state index in [2.05, 4.69) is 4.74 Å². The van der Waals surface area contributed by atoms with Crippen molar-refractivity contribution in [3.63, 3.8) is 0 Å². The molecule has 0 bridgehead atoms. The van der Waals surface area contributed by atoms with E-state index in [0.717, 1.165) is 0 Å². The molecule has 4 nitrogen and oxygen atoms in total. The third-order valence-corrected chi connectivity index (χ3v) is 2.07. The van der Waals surface area contributed by atoms with Gasteiger partial charge in [-0.05, 0) is 12.1 Å². The number of anilines is 1. The highest BCUT2D eigenvalue weighted by atomic mass is 19.1. The van der Waals surface area contributed by atoms with Crippen LogP contribution >= 0.6 is 0 Å². The Bertz CT molecular complexity index is 533. The number of ether oxygens (including phenoxy) is 1. The van der Waals surface area contributed by atoms with Gasteiger partial charge in [0.05, 0.1) is 18.2 Å². The molecule has 5 heteroatoms. The van der Waals surface area contributed by atoms with E-state index in [1.165, 1.54) is 25.3 Å². The minimum absolute atomic E-state index is 0.0325. The van der Waals surface area contributed by atoms with Gasteiger partial charge < -0.3 is 14.9 Å².